The van der Waals surface area contributed by atoms with Crippen LogP contribution >= 0.6 is 0 Å². The second-order valence-corrected chi connectivity index (χ2v) is 7.63. The lowest BCUT2D eigenvalue weighted by atomic mass is 10.1. The molecule has 1 aliphatic rings. The molecule has 6 nitrogen and oxygen atoms in total. The number of para-hydroxylation sites is 2. The average Bonchev–Trinajstić information content (AvgIpc) is 3.00. The first-order valence-electron chi connectivity index (χ1n) is 10.6. The third kappa shape index (κ3) is 7.18. The molecule has 1 saturated heterocycles. The van der Waals surface area contributed by atoms with Gasteiger partial charge in [-0.2, -0.15) is 13.2 Å². The largest absolute Gasteiger partial charge is 0.490 e. The van der Waals surface area contributed by atoms with E-state index in [0.29, 0.717) is 32.6 Å². The van der Waals surface area contributed by atoms with Gasteiger partial charge in [-0.25, -0.2) is 4.39 Å². The molecule has 0 spiro atoms. The van der Waals surface area contributed by atoms with Gasteiger partial charge in [-0.1, -0.05) is 24.3 Å². The quantitative estimate of drug-likeness (QED) is 0.630. The highest BCUT2D eigenvalue weighted by atomic mass is 19.4. The number of amides is 2. The Hall–Kier alpha value is -3.14. The molecule has 1 N–H and O–H groups in total. The van der Waals surface area contributed by atoms with Gasteiger partial charge >= 0.3 is 6.18 Å². The van der Waals surface area contributed by atoms with E-state index >= 15 is 0 Å². The Morgan fingerprint density at radius 3 is 2.45 bits per heavy atom. The lowest BCUT2D eigenvalue weighted by molar-refractivity contribution is -0.137. The third-order valence-corrected chi connectivity index (χ3v) is 5.23. The zero-order valence-electron chi connectivity index (χ0n) is 17.9. The summed E-state index contributed by atoms with van der Waals surface area (Å²) in [6.45, 7) is 1.78. The summed E-state index contributed by atoms with van der Waals surface area (Å²) in [4.78, 5) is 28.3. The number of rotatable bonds is 7. The molecule has 0 bridgehead atoms. The van der Waals surface area contributed by atoms with Crippen molar-refractivity contribution in [2.24, 2.45) is 0 Å². The molecule has 1 aliphatic heterocycles. The maximum atomic E-state index is 13.6. The lowest BCUT2D eigenvalue weighted by Gasteiger charge is -2.22. The molecule has 0 aliphatic carbocycles. The number of carbonyl (C=O) groups is 2. The first kappa shape index (κ1) is 24.5. The van der Waals surface area contributed by atoms with Crippen molar-refractivity contribution in [3.05, 3.63) is 59.9 Å². The maximum Gasteiger partial charge on any atom is 0.418 e. The Bertz CT molecular complexity index is 968. The summed E-state index contributed by atoms with van der Waals surface area (Å²) in [5, 5.41) is 2.34. The minimum atomic E-state index is -4.57. The van der Waals surface area contributed by atoms with E-state index in [1.165, 1.54) is 30.3 Å². The minimum Gasteiger partial charge on any atom is -0.490 e. The van der Waals surface area contributed by atoms with Crippen LogP contribution in [-0.4, -0.2) is 60.9 Å². The number of ether oxygens (including phenoxy) is 1. The molecule has 1 heterocycles. The van der Waals surface area contributed by atoms with Gasteiger partial charge in [0.25, 0.3) is 0 Å². The van der Waals surface area contributed by atoms with E-state index in [4.69, 9.17) is 4.74 Å². The average molecular weight is 467 g/mol. The minimum absolute atomic E-state index is 0.0427. The Morgan fingerprint density at radius 1 is 0.970 bits per heavy atom. The number of anilines is 1. The van der Waals surface area contributed by atoms with Crippen LogP contribution in [0.25, 0.3) is 0 Å². The summed E-state index contributed by atoms with van der Waals surface area (Å²) in [6.07, 6.45) is -3.86. The molecule has 1 fully saturated rings. The lowest BCUT2D eigenvalue weighted by Crippen LogP contribution is -2.38. The van der Waals surface area contributed by atoms with Gasteiger partial charge in [-0.3, -0.25) is 14.5 Å². The molecule has 178 valence electrons. The van der Waals surface area contributed by atoms with Gasteiger partial charge < -0.3 is 15.0 Å². The smallest absolute Gasteiger partial charge is 0.418 e. The fraction of sp³-hybridized carbons (Fsp3) is 0.391. The van der Waals surface area contributed by atoms with Gasteiger partial charge in [-0.05, 0) is 30.7 Å². The molecular weight excluding hydrogens is 442 g/mol. The molecule has 0 atom stereocenters. The Kier molecular flexibility index (Phi) is 8.26. The maximum absolute atomic E-state index is 13.6. The van der Waals surface area contributed by atoms with Crippen molar-refractivity contribution in [2.45, 2.75) is 19.0 Å². The van der Waals surface area contributed by atoms with Gasteiger partial charge in [0.1, 0.15) is 0 Å². The van der Waals surface area contributed by atoms with E-state index in [0.717, 1.165) is 6.07 Å². The summed E-state index contributed by atoms with van der Waals surface area (Å²) in [5.41, 5.74) is -1.18. The van der Waals surface area contributed by atoms with Gasteiger partial charge in [0.05, 0.1) is 30.8 Å². The first-order chi connectivity index (χ1) is 15.7. The van der Waals surface area contributed by atoms with Crippen LogP contribution in [0, 0.1) is 5.82 Å². The number of carbonyl (C=O) groups excluding carboxylic acids is 2. The second-order valence-electron chi connectivity index (χ2n) is 7.63. The fourth-order valence-corrected chi connectivity index (χ4v) is 3.58. The number of nitrogens with one attached hydrogen (secondary N) is 1. The summed E-state index contributed by atoms with van der Waals surface area (Å²) in [7, 11) is 0. The number of hydrogen-bond acceptors (Lipinski definition) is 4. The second kappa shape index (κ2) is 11.1. The van der Waals surface area contributed by atoms with Crippen molar-refractivity contribution in [3.8, 4) is 5.75 Å². The summed E-state index contributed by atoms with van der Waals surface area (Å²) < 4.78 is 58.2. The van der Waals surface area contributed by atoms with Crippen molar-refractivity contribution >= 4 is 17.5 Å². The SMILES string of the molecule is O=C(CN1CCCN(C(=O)CCOc2ccccc2F)CC1)Nc1ccccc1C(F)(F)F. The van der Waals surface area contributed by atoms with E-state index in [-0.39, 0.29) is 36.9 Å². The van der Waals surface area contributed by atoms with Crippen LogP contribution in [0.4, 0.5) is 23.2 Å². The molecular formula is C23H25F4N3O3. The monoisotopic (exact) mass is 467 g/mol. The van der Waals surface area contributed by atoms with Crippen LogP contribution in [0.15, 0.2) is 48.5 Å². The van der Waals surface area contributed by atoms with E-state index < -0.39 is 23.5 Å². The van der Waals surface area contributed by atoms with Crippen LogP contribution in [-0.2, 0) is 15.8 Å². The molecule has 2 aromatic rings. The normalized spacial score (nSPS) is 15.1. The van der Waals surface area contributed by atoms with Gasteiger partial charge in [0, 0.05) is 26.2 Å². The standard InChI is InChI=1S/C23H25F4N3O3/c24-18-7-2-4-9-20(18)33-15-10-22(32)30-12-5-11-29(13-14-30)16-21(31)28-19-8-3-1-6-17(19)23(25,26)27/h1-4,6-9H,5,10-16H2,(H,28,31). The Morgan fingerprint density at radius 2 is 1.70 bits per heavy atom. The van der Waals surface area contributed by atoms with Gasteiger partial charge in [0.2, 0.25) is 11.8 Å². The number of benzene rings is 2. The van der Waals surface area contributed by atoms with Crippen LogP contribution in [0.3, 0.4) is 0 Å². The van der Waals surface area contributed by atoms with Crippen LogP contribution < -0.4 is 10.1 Å². The van der Waals surface area contributed by atoms with E-state index in [1.807, 2.05) is 0 Å². The molecule has 2 amide bonds. The zero-order valence-corrected chi connectivity index (χ0v) is 17.9. The van der Waals surface area contributed by atoms with E-state index in [2.05, 4.69) is 5.32 Å². The number of alkyl halides is 3. The van der Waals surface area contributed by atoms with Crippen LogP contribution in [0.2, 0.25) is 0 Å². The highest BCUT2D eigenvalue weighted by Crippen LogP contribution is 2.34. The third-order valence-electron chi connectivity index (χ3n) is 5.23. The molecule has 0 aromatic heterocycles. The predicted octanol–water partition coefficient (Wildman–Crippen LogP) is 3.79. The highest BCUT2D eigenvalue weighted by Gasteiger charge is 2.33. The molecule has 0 saturated carbocycles. The van der Waals surface area contributed by atoms with Crippen LogP contribution in [0.1, 0.15) is 18.4 Å². The highest BCUT2D eigenvalue weighted by molar-refractivity contribution is 5.93. The van der Waals surface area contributed by atoms with Crippen molar-refractivity contribution in [3.63, 3.8) is 0 Å². The Balaban J connectivity index is 1.45. The van der Waals surface area contributed by atoms with Crippen molar-refractivity contribution in [2.75, 3.05) is 44.6 Å². The summed E-state index contributed by atoms with van der Waals surface area (Å²) in [5.74, 6) is -1.10. The van der Waals surface area contributed by atoms with Crippen molar-refractivity contribution < 1.29 is 31.9 Å². The van der Waals surface area contributed by atoms with Crippen LogP contribution in [0.5, 0.6) is 5.75 Å². The topological polar surface area (TPSA) is 61.9 Å². The number of hydrogen-bond donors (Lipinski definition) is 1. The van der Waals surface area contributed by atoms with Gasteiger partial charge in [-0.15, -0.1) is 0 Å². The van der Waals surface area contributed by atoms with E-state index in [9.17, 15) is 27.2 Å². The molecule has 2 aromatic carbocycles. The van der Waals surface area contributed by atoms with Crippen molar-refractivity contribution in [1.29, 1.82) is 0 Å². The summed E-state index contributed by atoms with van der Waals surface area (Å²) in [6, 6.07) is 10.8. The molecule has 3 rings (SSSR count). The molecule has 10 heteroatoms. The summed E-state index contributed by atoms with van der Waals surface area (Å²) >= 11 is 0. The molecule has 0 radical (unpaired) electrons. The molecule has 33 heavy (non-hydrogen) atoms. The van der Waals surface area contributed by atoms with Gasteiger partial charge in [0.15, 0.2) is 11.6 Å². The number of halogens is 4. The van der Waals surface area contributed by atoms with E-state index in [1.54, 1.807) is 21.9 Å². The molecule has 0 unspecified atom stereocenters. The fourth-order valence-electron chi connectivity index (χ4n) is 3.58. The van der Waals surface area contributed by atoms with Crippen molar-refractivity contribution in [1.82, 2.24) is 9.80 Å². The zero-order chi connectivity index (χ0) is 23.8. The first-order valence-corrected chi connectivity index (χ1v) is 10.6. The predicted molar refractivity (Wildman–Crippen MR) is 114 cm³/mol. The Labute approximate surface area is 189 Å². The number of nitrogens with zero attached hydrogens (tertiary/aromatic N) is 2.